The predicted octanol–water partition coefficient (Wildman–Crippen LogP) is 8.45. The summed E-state index contributed by atoms with van der Waals surface area (Å²) in [7, 11) is 1.58. The minimum Gasteiger partial charge on any atom is -0.487 e. The number of benzene rings is 3. The highest BCUT2D eigenvalue weighted by molar-refractivity contribution is 6.32. The second kappa shape index (κ2) is 16.2. The summed E-state index contributed by atoms with van der Waals surface area (Å²) in [5.74, 6) is -0.0475. The number of halogens is 5. The van der Waals surface area contributed by atoms with Crippen molar-refractivity contribution < 1.29 is 37.1 Å². The lowest BCUT2D eigenvalue weighted by Crippen LogP contribution is -2.35. The molecule has 0 aromatic heterocycles. The average molecular weight is 631 g/mol. The summed E-state index contributed by atoms with van der Waals surface area (Å²) in [6, 6.07) is 12.5. The first-order chi connectivity index (χ1) is 19.9. The van der Waals surface area contributed by atoms with Gasteiger partial charge in [-0.1, -0.05) is 43.6 Å². The molecule has 3 rings (SSSR count). The first-order valence-electron chi connectivity index (χ1n) is 12.8. The number of hydrogen-bond acceptors (Lipinski definition) is 6. The fraction of sp³-hybridized carbons (Fsp3) is 0.345. The number of para-hydroxylation sites is 1. The molecule has 0 fully saturated rings. The van der Waals surface area contributed by atoms with Crippen LogP contribution in [0.5, 0.6) is 17.2 Å². The number of amides is 1. The Kier molecular flexibility index (Phi) is 13.4. The van der Waals surface area contributed by atoms with Gasteiger partial charge in [-0.05, 0) is 55.2 Å². The van der Waals surface area contributed by atoms with Crippen LogP contribution in [0.4, 0.5) is 24.5 Å². The normalized spacial score (nSPS) is 10.9. The number of nitro benzene ring substituents is 1. The molecule has 0 unspecified atom stereocenters. The number of ether oxygens (including phenoxy) is 3. The van der Waals surface area contributed by atoms with Crippen molar-refractivity contribution in [2.75, 3.05) is 31.2 Å². The molecular formula is C29H31Cl2F3N2O6. The molecule has 42 heavy (non-hydrogen) atoms. The highest BCUT2D eigenvalue weighted by atomic mass is 35.5. The lowest BCUT2D eigenvalue weighted by molar-refractivity contribution is -0.385. The summed E-state index contributed by atoms with van der Waals surface area (Å²) in [4.78, 5) is 23.9. The average Bonchev–Trinajstić information content (AvgIpc) is 2.96. The predicted molar refractivity (Wildman–Crippen MR) is 156 cm³/mol. The number of nitrogens with zero attached hydrogens (tertiary/aromatic N) is 2. The van der Waals surface area contributed by atoms with Crippen LogP contribution < -0.4 is 14.4 Å². The topological polar surface area (TPSA) is 91.1 Å². The van der Waals surface area contributed by atoms with Crippen LogP contribution in [0.3, 0.4) is 0 Å². The summed E-state index contributed by atoms with van der Waals surface area (Å²) >= 11 is 11.5. The van der Waals surface area contributed by atoms with E-state index in [-0.39, 0.29) is 53.1 Å². The molecule has 0 aliphatic rings. The van der Waals surface area contributed by atoms with Gasteiger partial charge in [0, 0.05) is 19.2 Å². The van der Waals surface area contributed by atoms with Crippen molar-refractivity contribution in [1.29, 1.82) is 0 Å². The standard InChI is InChI=1S/C15H11ClF3NO4.C14H20ClNO2/c1-2-23-14-8-10(4-5-12(14)20(21)22)24-13-6-3-9(7-11(13)16)15(17,18)19;1-4-11-7-6-8-12(5-2)14(11)16(10-18-3)13(17)9-15/h3-8H,2H2,1H3;6-8H,4-5,9-10H2,1-3H3. The highest BCUT2D eigenvalue weighted by Crippen LogP contribution is 2.38. The van der Waals surface area contributed by atoms with E-state index in [2.05, 4.69) is 13.8 Å². The number of hydrogen-bond donors (Lipinski definition) is 0. The maximum Gasteiger partial charge on any atom is 0.416 e. The number of alkyl halides is 4. The molecule has 0 radical (unpaired) electrons. The van der Waals surface area contributed by atoms with Gasteiger partial charge in [0.2, 0.25) is 11.7 Å². The van der Waals surface area contributed by atoms with Gasteiger partial charge in [-0.15, -0.1) is 11.6 Å². The van der Waals surface area contributed by atoms with E-state index in [4.69, 9.17) is 37.4 Å². The molecule has 3 aromatic rings. The van der Waals surface area contributed by atoms with E-state index in [9.17, 15) is 28.1 Å². The van der Waals surface area contributed by atoms with Gasteiger partial charge >= 0.3 is 11.9 Å². The number of methoxy groups -OCH3 is 1. The van der Waals surface area contributed by atoms with Crippen molar-refractivity contribution >= 4 is 40.5 Å². The van der Waals surface area contributed by atoms with Crippen LogP contribution in [-0.2, 0) is 28.5 Å². The molecule has 0 atom stereocenters. The van der Waals surface area contributed by atoms with E-state index in [0.29, 0.717) is 0 Å². The Morgan fingerprint density at radius 1 is 1.00 bits per heavy atom. The summed E-state index contributed by atoms with van der Waals surface area (Å²) < 4.78 is 53.5. The van der Waals surface area contributed by atoms with Crippen molar-refractivity contribution in [2.24, 2.45) is 0 Å². The van der Waals surface area contributed by atoms with Crippen LogP contribution in [-0.4, -0.2) is 37.2 Å². The molecule has 0 saturated heterocycles. The third-order valence-electron chi connectivity index (χ3n) is 5.82. The second-order valence-corrected chi connectivity index (χ2v) is 9.24. The SMILES string of the molecule is CCOc1cc(Oc2ccc(C(F)(F)F)cc2Cl)ccc1[N+](=O)[O-].CCc1cccc(CC)c1N(COC)C(=O)CCl. The third kappa shape index (κ3) is 9.23. The zero-order valence-corrected chi connectivity index (χ0v) is 25.0. The molecule has 3 aromatic carbocycles. The number of aryl methyl sites for hydroxylation is 2. The monoisotopic (exact) mass is 630 g/mol. The number of rotatable bonds is 11. The van der Waals surface area contributed by atoms with E-state index < -0.39 is 16.7 Å². The zero-order chi connectivity index (χ0) is 31.4. The Balaban J connectivity index is 0.000000307. The summed E-state index contributed by atoms with van der Waals surface area (Å²) in [6.07, 6.45) is -2.77. The van der Waals surface area contributed by atoms with E-state index in [1.807, 2.05) is 18.2 Å². The van der Waals surface area contributed by atoms with Crippen LogP contribution in [0, 0.1) is 10.1 Å². The Morgan fingerprint density at radius 2 is 1.64 bits per heavy atom. The molecule has 8 nitrogen and oxygen atoms in total. The number of nitro groups is 1. The molecule has 0 saturated carbocycles. The smallest absolute Gasteiger partial charge is 0.416 e. The Bertz CT molecular complexity index is 1350. The molecule has 0 bridgehead atoms. The molecule has 0 spiro atoms. The molecule has 0 aliphatic heterocycles. The van der Waals surface area contributed by atoms with Crippen molar-refractivity contribution in [1.82, 2.24) is 0 Å². The van der Waals surface area contributed by atoms with Crippen LogP contribution >= 0.6 is 23.2 Å². The van der Waals surface area contributed by atoms with Gasteiger partial charge in [0.1, 0.15) is 24.1 Å². The lowest BCUT2D eigenvalue weighted by atomic mass is 10.0. The molecule has 1 amide bonds. The Labute approximate surface area is 252 Å². The third-order valence-corrected chi connectivity index (χ3v) is 6.35. The first kappa shape index (κ1) is 34.7. The van der Waals surface area contributed by atoms with Gasteiger partial charge in [-0.3, -0.25) is 19.8 Å². The summed E-state index contributed by atoms with van der Waals surface area (Å²) in [6.45, 7) is 6.24. The Hall–Kier alpha value is -3.54. The molecule has 0 aliphatic carbocycles. The van der Waals surface area contributed by atoms with Crippen molar-refractivity contribution in [3.63, 3.8) is 0 Å². The zero-order valence-electron chi connectivity index (χ0n) is 23.5. The summed E-state index contributed by atoms with van der Waals surface area (Å²) in [5, 5.41) is 10.7. The maximum atomic E-state index is 12.6. The van der Waals surface area contributed by atoms with Gasteiger partial charge in [-0.25, -0.2) is 0 Å². The minimum atomic E-state index is -4.52. The molecule has 13 heteroatoms. The Morgan fingerprint density at radius 3 is 2.12 bits per heavy atom. The molecule has 228 valence electrons. The lowest BCUT2D eigenvalue weighted by Gasteiger charge is -2.26. The van der Waals surface area contributed by atoms with Gasteiger partial charge in [0.05, 0.1) is 27.8 Å². The van der Waals surface area contributed by atoms with E-state index in [0.717, 1.165) is 47.9 Å². The molecular weight excluding hydrogens is 600 g/mol. The molecule has 0 N–H and O–H groups in total. The van der Waals surface area contributed by atoms with Crippen molar-refractivity contribution in [3.05, 3.63) is 86.4 Å². The van der Waals surface area contributed by atoms with Crippen molar-refractivity contribution in [3.8, 4) is 17.2 Å². The number of carbonyl (C=O) groups is 1. The molecule has 0 heterocycles. The van der Waals surface area contributed by atoms with Gasteiger partial charge < -0.3 is 14.2 Å². The van der Waals surface area contributed by atoms with Crippen LogP contribution in [0.25, 0.3) is 0 Å². The number of anilines is 1. The van der Waals surface area contributed by atoms with E-state index in [1.165, 1.54) is 18.2 Å². The fourth-order valence-corrected chi connectivity index (χ4v) is 4.25. The highest BCUT2D eigenvalue weighted by Gasteiger charge is 2.31. The first-order valence-corrected chi connectivity index (χ1v) is 13.7. The van der Waals surface area contributed by atoms with Crippen LogP contribution in [0.1, 0.15) is 37.5 Å². The van der Waals surface area contributed by atoms with Gasteiger partial charge in [-0.2, -0.15) is 13.2 Å². The van der Waals surface area contributed by atoms with E-state index in [1.54, 1.807) is 18.9 Å². The van der Waals surface area contributed by atoms with Crippen molar-refractivity contribution in [2.45, 2.75) is 39.8 Å². The van der Waals surface area contributed by atoms with Gasteiger partial charge in [0.25, 0.3) is 0 Å². The fourth-order valence-electron chi connectivity index (χ4n) is 3.89. The quantitative estimate of drug-likeness (QED) is 0.0913. The largest absolute Gasteiger partial charge is 0.487 e. The summed E-state index contributed by atoms with van der Waals surface area (Å²) in [5.41, 5.74) is 2.09. The van der Waals surface area contributed by atoms with Crippen LogP contribution in [0.15, 0.2) is 54.6 Å². The second-order valence-electron chi connectivity index (χ2n) is 8.57. The van der Waals surface area contributed by atoms with Gasteiger partial charge in [0.15, 0.2) is 0 Å². The maximum absolute atomic E-state index is 12.6. The number of carbonyl (C=O) groups excluding carboxylic acids is 1. The van der Waals surface area contributed by atoms with E-state index >= 15 is 0 Å². The minimum absolute atomic E-state index is 0.0111. The van der Waals surface area contributed by atoms with Crippen LogP contribution in [0.2, 0.25) is 5.02 Å².